The fraction of sp³-hybridized carbons (Fsp3) is 0.538. The topological polar surface area (TPSA) is 46.2 Å². The third kappa shape index (κ3) is 4.45. The molecule has 0 amide bonds. The number of nitrogens with two attached hydrogens (primary N) is 1. The molecular weight excluding hydrogens is 218 g/mol. The summed E-state index contributed by atoms with van der Waals surface area (Å²) in [4.78, 5) is 0. The summed E-state index contributed by atoms with van der Waals surface area (Å²) in [6.45, 7) is 4.43. The van der Waals surface area contributed by atoms with Crippen LogP contribution in [0.1, 0.15) is 31.9 Å². The van der Waals surface area contributed by atoms with Gasteiger partial charge in [0.05, 0.1) is 6.10 Å². The normalized spacial score (nSPS) is 14.7. The molecule has 3 N–H and O–H groups in total. The van der Waals surface area contributed by atoms with Gasteiger partial charge in [0, 0.05) is 11.4 Å². The van der Waals surface area contributed by atoms with Crippen LogP contribution in [0.5, 0.6) is 0 Å². The number of anilines is 1. The Balaban J connectivity index is 2.35. The molecule has 3 heteroatoms. The molecule has 0 aromatic heterocycles. The smallest absolute Gasteiger partial charge is 0.0880 e. The van der Waals surface area contributed by atoms with Gasteiger partial charge in [-0.3, -0.25) is 0 Å². The average molecular weight is 239 g/mol. The van der Waals surface area contributed by atoms with Gasteiger partial charge in [-0.05, 0) is 29.4 Å². The molecule has 0 spiro atoms. The van der Waals surface area contributed by atoms with Crippen molar-refractivity contribution in [2.45, 2.75) is 26.4 Å². The van der Waals surface area contributed by atoms with Crippen LogP contribution in [0.2, 0.25) is 0 Å². The minimum Gasteiger partial charge on any atom is -0.399 e. The number of benzene rings is 1. The Morgan fingerprint density at radius 3 is 2.44 bits per heavy atom. The van der Waals surface area contributed by atoms with Crippen molar-refractivity contribution in [3.63, 3.8) is 0 Å². The van der Waals surface area contributed by atoms with Crippen LogP contribution in [0.15, 0.2) is 24.3 Å². The van der Waals surface area contributed by atoms with Gasteiger partial charge >= 0.3 is 0 Å². The van der Waals surface area contributed by atoms with Crippen molar-refractivity contribution in [2.75, 3.05) is 17.2 Å². The van der Waals surface area contributed by atoms with Crippen molar-refractivity contribution in [1.82, 2.24) is 0 Å². The molecular formula is C13H21NOS. The van der Waals surface area contributed by atoms with Crippen LogP contribution in [0.4, 0.5) is 5.69 Å². The van der Waals surface area contributed by atoms with E-state index >= 15 is 0 Å². The van der Waals surface area contributed by atoms with E-state index in [1.807, 2.05) is 36.0 Å². The summed E-state index contributed by atoms with van der Waals surface area (Å²) < 4.78 is 0. The second-order valence-electron chi connectivity index (χ2n) is 4.23. The van der Waals surface area contributed by atoms with E-state index in [9.17, 15) is 5.11 Å². The highest BCUT2D eigenvalue weighted by Gasteiger charge is 2.08. The number of rotatable bonds is 6. The maximum Gasteiger partial charge on any atom is 0.0880 e. The van der Waals surface area contributed by atoms with Gasteiger partial charge in [0.1, 0.15) is 0 Å². The Hall–Kier alpha value is -0.670. The van der Waals surface area contributed by atoms with Gasteiger partial charge in [0.15, 0.2) is 0 Å². The van der Waals surface area contributed by atoms with E-state index in [4.69, 9.17) is 5.73 Å². The third-order valence-corrected chi connectivity index (χ3v) is 4.05. The zero-order valence-electron chi connectivity index (χ0n) is 10.0. The molecule has 0 saturated heterocycles. The predicted molar refractivity (Wildman–Crippen MR) is 72.6 cm³/mol. The monoisotopic (exact) mass is 239 g/mol. The molecule has 0 aliphatic carbocycles. The SMILES string of the molecule is CCC(C)CSCC(O)c1ccc(N)cc1. The molecule has 2 unspecified atom stereocenters. The Labute approximate surface area is 102 Å². The minimum atomic E-state index is -0.380. The predicted octanol–water partition coefficient (Wildman–Crippen LogP) is 3.08. The van der Waals surface area contributed by atoms with E-state index in [-0.39, 0.29) is 6.10 Å². The molecule has 1 aromatic rings. The lowest BCUT2D eigenvalue weighted by Gasteiger charge is -2.12. The number of thioether (sulfide) groups is 1. The zero-order valence-corrected chi connectivity index (χ0v) is 10.8. The van der Waals surface area contributed by atoms with Crippen molar-refractivity contribution in [1.29, 1.82) is 0 Å². The van der Waals surface area contributed by atoms with E-state index < -0.39 is 0 Å². The first kappa shape index (κ1) is 13.4. The van der Waals surface area contributed by atoms with Gasteiger partial charge in [-0.25, -0.2) is 0 Å². The van der Waals surface area contributed by atoms with Gasteiger partial charge in [0.25, 0.3) is 0 Å². The molecule has 0 bridgehead atoms. The van der Waals surface area contributed by atoms with Crippen LogP contribution in [0.25, 0.3) is 0 Å². The summed E-state index contributed by atoms with van der Waals surface area (Å²) in [6.07, 6.45) is 0.819. The Morgan fingerprint density at radius 1 is 1.25 bits per heavy atom. The quantitative estimate of drug-likeness (QED) is 0.750. The summed E-state index contributed by atoms with van der Waals surface area (Å²) in [5.41, 5.74) is 7.29. The van der Waals surface area contributed by atoms with Crippen LogP contribution < -0.4 is 5.73 Å². The Bertz CT molecular complexity index is 299. The lowest BCUT2D eigenvalue weighted by molar-refractivity contribution is 0.204. The Kier molecular flexibility index (Phi) is 5.71. The van der Waals surface area contributed by atoms with Crippen LogP contribution in [0.3, 0.4) is 0 Å². The molecule has 0 aliphatic heterocycles. The lowest BCUT2D eigenvalue weighted by atomic mass is 10.1. The molecule has 90 valence electrons. The third-order valence-electron chi connectivity index (χ3n) is 2.70. The van der Waals surface area contributed by atoms with Gasteiger partial charge in [-0.1, -0.05) is 32.4 Å². The number of hydrogen-bond acceptors (Lipinski definition) is 3. The van der Waals surface area contributed by atoms with Crippen LogP contribution >= 0.6 is 11.8 Å². The van der Waals surface area contributed by atoms with Crippen molar-refractivity contribution >= 4 is 17.4 Å². The minimum absolute atomic E-state index is 0.380. The highest BCUT2D eigenvalue weighted by Crippen LogP contribution is 2.21. The van der Waals surface area contributed by atoms with Crippen molar-refractivity contribution in [3.05, 3.63) is 29.8 Å². The molecule has 16 heavy (non-hydrogen) atoms. The second kappa shape index (κ2) is 6.81. The van der Waals surface area contributed by atoms with Crippen molar-refractivity contribution in [3.8, 4) is 0 Å². The van der Waals surface area contributed by atoms with Gasteiger partial charge in [0.2, 0.25) is 0 Å². The average Bonchev–Trinajstić information content (AvgIpc) is 2.29. The van der Waals surface area contributed by atoms with E-state index in [0.717, 1.165) is 28.7 Å². The molecule has 1 rings (SSSR count). The van der Waals surface area contributed by atoms with Crippen molar-refractivity contribution < 1.29 is 5.11 Å². The highest BCUT2D eigenvalue weighted by atomic mass is 32.2. The maximum atomic E-state index is 9.94. The van der Waals surface area contributed by atoms with Crippen molar-refractivity contribution in [2.24, 2.45) is 5.92 Å². The van der Waals surface area contributed by atoms with Gasteiger partial charge in [-0.2, -0.15) is 11.8 Å². The maximum absolute atomic E-state index is 9.94. The largest absolute Gasteiger partial charge is 0.399 e. The summed E-state index contributed by atoms with van der Waals surface area (Å²) in [7, 11) is 0. The molecule has 0 aliphatic rings. The molecule has 0 fully saturated rings. The fourth-order valence-electron chi connectivity index (χ4n) is 1.31. The first-order valence-corrected chi connectivity index (χ1v) is 6.90. The van der Waals surface area contributed by atoms with Gasteiger partial charge in [-0.15, -0.1) is 0 Å². The molecule has 2 atom stereocenters. The number of hydrogen-bond donors (Lipinski definition) is 2. The van der Waals surface area contributed by atoms with E-state index in [0.29, 0.717) is 0 Å². The van der Waals surface area contributed by atoms with E-state index in [1.54, 1.807) is 0 Å². The van der Waals surface area contributed by atoms with Crippen LogP contribution in [-0.4, -0.2) is 16.6 Å². The summed E-state index contributed by atoms with van der Waals surface area (Å²) in [5, 5.41) is 9.94. The first-order chi connectivity index (χ1) is 7.63. The standard InChI is InChI=1S/C13H21NOS/c1-3-10(2)8-16-9-13(15)11-4-6-12(14)7-5-11/h4-7,10,13,15H,3,8-9,14H2,1-2H3. The molecule has 1 aromatic carbocycles. The van der Waals surface area contributed by atoms with Crippen LogP contribution in [-0.2, 0) is 0 Å². The lowest BCUT2D eigenvalue weighted by Crippen LogP contribution is -2.04. The summed E-state index contributed by atoms with van der Waals surface area (Å²) >= 11 is 1.81. The highest BCUT2D eigenvalue weighted by molar-refractivity contribution is 7.99. The van der Waals surface area contributed by atoms with E-state index in [1.165, 1.54) is 6.42 Å². The molecule has 0 heterocycles. The first-order valence-electron chi connectivity index (χ1n) is 5.74. The van der Waals surface area contributed by atoms with Crippen LogP contribution in [0, 0.1) is 5.92 Å². The molecule has 0 radical (unpaired) electrons. The number of aliphatic hydroxyl groups is 1. The molecule has 0 saturated carbocycles. The summed E-state index contributed by atoms with van der Waals surface area (Å²) in [6, 6.07) is 7.45. The summed E-state index contributed by atoms with van der Waals surface area (Å²) in [5.74, 6) is 2.60. The number of aliphatic hydroxyl groups excluding tert-OH is 1. The number of nitrogen functional groups attached to an aromatic ring is 1. The second-order valence-corrected chi connectivity index (χ2v) is 5.31. The molecule has 2 nitrogen and oxygen atoms in total. The fourth-order valence-corrected chi connectivity index (χ4v) is 2.50. The Morgan fingerprint density at radius 2 is 1.88 bits per heavy atom. The van der Waals surface area contributed by atoms with E-state index in [2.05, 4.69) is 13.8 Å². The van der Waals surface area contributed by atoms with Gasteiger partial charge < -0.3 is 10.8 Å². The zero-order chi connectivity index (χ0) is 12.0.